The zero-order valence-electron chi connectivity index (χ0n) is 23.6. The third kappa shape index (κ3) is 5.37. The van der Waals surface area contributed by atoms with Crippen molar-refractivity contribution < 1.29 is 9.53 Å². The minimum Gasteiger partial charge on any atom is -0.462 e. The van der Waals surface area contributed by atoms with Crippen LogP contribution in [0, 0.1) is 46.3 Å². The van der Waals surface area contributed by atoms with Gasteiger partial charge in [0.1, 0.15) is 6.10 Å². The fraction of sp³-hybridized carbons (Fsp3) is 0.968. The van der Waals surface area contributed by atoms with Crippen LogP contribution in [0.1, 0.15) is 119 Å². The predicted octanol–water partition coefficient (Wildman–Crippen LogP) is 9.93. The lowest BCUT2D eigenvalue weighted by Crippen LogP contribution is -2.64. The molecule has 5 heteroatoms. The smallest absolute Gasteiger partial charge is 0.307 e. The van der Waals surface area contributed by atoms with E-state index in [4.69, 9.17) is 16.3 Å². The molecule has 4 rings (SSSR count). The van der Waals surface area contributed by atoms with Gasteiger partial charge < -0.3 is 4.74 Å². The summed E-state index contributed by atoms with van der Waals surface area (Å²) < 4.78 is 5.92. The van der Waals surface area contributed by atoms with E-state index in [9.17, 15) is 4.79 Å². The van der Waals surface area contributed by atoms with Gasteiger partial charge in [0.25, 0.3) is 0 Å². The number of carbonyl (C=O) groups excluding carboxylic acids is 1. The Morgan fingerprint density at radius 2 is 1.75 bits per heavy atom. The van der Waals surface area contributed by atoms with Gasteiger partial charge >= 0.3 is 5.97 Å². The molecule has 0 aromatic rings. The van der Waals surface area contributed by atoms with Gasteiger partial charge in [-0.25, -0.2) is 0 Å². The summed E-state index contributed by atoms with van der Waals surface area (Å²) in [6.07, 6.45) is 14.4. The quantitative estimate of drug-likeness (QED) is 0.193. The van der Waals surface area contributed by atoms with E-state index in [-0.39, 0.29) is 27.2 Å². The Kier molecular flexibility index (Phi) is 9.32. The Morgan fingerprint density at radius 3 is 2.42 bits per heavy atom. The van der Waals surface area contributed by atoms with Crippen LogP contribution in [0.4, 0.5) is 0 Å². The van der Waals surface area contributed by atoms with Gasteiger partial charge in [0.05, 0.1) is 6.42 Å². The Morgan fingerprint density at radius 1 is 1.03 bits per heavy atom. The van der Waals surface area contributed by atoms with Crippen molar-refractivity contribution in [3.63, 3.8) is 0 Å². The van der Waals surface area contributed by atoms with Gasteiger partial charge in [-0.3, -0.25) is 4.79 Å². The molecule has 2 nitrogen and oxygen atoms in total. The lowest BCUT2D eigenvalue weighted by Gasteiger charge is -2.66. The van der Waals surface area contributed by atoms with Crippen LogP contribution in [-0.2, 0) is 9.53 Å². The number of ether oxygens (including phenoxy) is 1. The number of alkyl halides is 3. The summed E-state index contributed by atoms with van der Waals surface area (Å²) in [5, 5.41) is -0.173. The molecule has 0 aromatic carbocycles. The van der Waals surface area contributed by atoms with Gasteiger partial charge in [-0.2, -0.15) is 0 Å². The predicted molar refractivity (Wildman–Crippen MR) is 159 cm³/mol. The third-order valence-electron chi connectivity index (χ3n) is 11.6. The van der Waals surface area contributed by atoms with Gasteiger partial charge in [-0.15, -0.1) is 11.6 Å². The Hall–Kier alpha value is 0.720. The molecule has 0 amide bonds. The zero-order chi connectivity index (χ0) is 26.5. The Balaban J connectivity index is 1.47. The highest BCUT2D eigenvalue weighted by atomic mass is 79.9. The van der Waals surface area contributed by atoms with Crippen molar-refractivity contribution in [2.75, 3.05) is 0 Å². The summed E-state index contributed by atoms with van der Waals surface area (Å²) in [5.74, 6) is 4.87. The molecule has 0 N–H and O–H groups in total. The molecule has 36 heavy (non-hydrogen) atoms. The zero-order valence-corrected chi connectivity index (χ0v) is 27.6. The maximum absolute atomic E-state index is 12.4. The number of rotatable bonds is 8. The molecule has 0 aromatic heterocycles. The third-order valence-corrected chi connectivity index (χ3v) is 15.3. The van der Waals surface area contributed by atoms with E-state index in [0.29, 0.717) is 16.7 Å². The fourth-order valence-corrected chi connectivity index (χ4v) is 12.0. The highest BCUT2D eigenvalue weighted by Gasteiger charge is 2.67. The van der Waals surface area contributed by atoms with Crippen LogP contribution in [0.5, 0.6) is 0 Å². The summed E-state index contributed by atoms with van der Waals surface area (Å²) >= 11 is 14.6. The first-order chi connectivity index (χ1) is 16.8. The largest absolute Gasteiger partial charge is 0.462 e. The molecule has 208 valence electrons. The highest BCUT2D eigenvalue weighted by Crippen LogP contribution is 2.71. The van der Waals surface area contributed by atoms with Crippen molar-refractivity contribution >= 4 is 49.4 Å². The first-order valence-electron chi connectivity index (χ1n) is 15.0. The van der Waals surface area contributed by atoms with Crippen LogP contribution >= 0.6 is 43.5 Å². The molecule has 4 fully saturated rings. The van der Waals surface area contributed by atoms with Crippen LogP contribution in [0.25, 0.3) is 0 Å². The van der Waals surface area contributed by atoms with Gasteiger partial charge in [0, 0.05) is 20.9 Å². The maximum atomic E-state index is 12.4. The summed E-state index contributed by atoms with van der Waals surface area (Å²) in [6.45, 7) is 14.4. The van der Waals surface area contributed by atoms with Gasteiger partial charge in [-0.05, 0) is 98.2 Å². The molecule has 4 aliphatic rings. The standard InChI is InChI=1S/C31H51Br2ClO2/c1-19(2)8-7-9-20(3)24-10-11-25-23-17-27(32)31(33)18-22(36-28(35)16-21(4)34)12-15-30(31,6)26(23)13-14-29(24,25)5/h19-27H,7-18H2,1-6H3/t20-,21-,22+,23-,24+,25-,26-,27+,29-,30-,31+/m1/s1. The summed E-state index contributed by atoms with van der Waals surface area (Å²) in [4.78, 5) is 12.8. The minimum absolute atomic E-state index is 0.00614. The average molecular weight is 651 g/mol. The lowest BCUT2D eigenvalue weighted by atomic mass is 9.44. The van der Waals surface area contributed by atoms with E-state index in [0.717, 1.165) is 54.8 Å². The van der Waals surface area contributed by atoms with E-state index in [1.807, 2.05) is 6.92 Å². The SMILES string of the molecule is CC(C)CCC[C@@H](C)[C@@H]1CC[C@@H]2[C@H]3C[C@H](Br)[C@@]4(Br)C[C@@H](OC(=O)C[C@@H](C)Cl)CC[C@]4(C)[C@@H]3CC[C@@]21C. The first kappa shape index (κ1) is 29.7. The monoisotopic (exact) mass is 648 g/mol. The molecule has 0 aliphatic heterocycles. The van der Waals surface area contributed by atoms with E-state index in [2.05, 4.69) is 66.5 Å². The van der Waals surface area contributed by atoms with Crippen LogP contribution in [0.15, 0.2) is 0 Å². The molecule has 0 spiro atoms. The van der Waals surface area contributed by atoms with Gasteiger partial charge in [0.2, 0.25) is 0 Å². The summed E-state index contributed by atoms with van der Waals surface area (Å²) in [7, 11) is 0. The Labute approximate surface area is 243 Å². The highest BCUT2D eigenvalue weighted by molar-refractivity contribution is 9.12. The molecule has 0 bridgehead atoms. The van der Waals surface area contributed by atoms with E-state index >= 15 is 0 Å². The number of hydrogen-bond acceptors (Lipinski definition) is 2. The van der Waals surface area contributed by atoms with Crippen LogP contribution in [0.3, 0.4) is 0 Å². The van der Waals surface area contributed by atoms with Crippen molar-refractivity contribution in [3.8, 4) is 0 Å². The van der Waals surface area contributed by atoms with Gasteiger partial charge in [0.15, 0.2) is 0 Å². The molecular weight excluding hydrogens is 600 g/mol. The van der Waals surface area contributed by atoms with Crippen molar-refractivity contribution in [2.45, 2.75) is 139 Å². The minimum atomic E-state index is -0.173. The summed E-state index contributed by atoms with van der Waals surface area (Å²) in [6, 6.07) is 0. The van der Waals surface area contributed by atoms with Crippen molar-refractivity contribution in [1.82, 2.24) is 0 Å². The second kappa shape index (κ2) is 11.3. The molecule has 0 radical (unpaired) electrons. The first-order valence-corrected chi connectivity index (χ1v) is 17.1. The van der Waals surface area contributed by atoms with E-state index in [1.54, 1.807) is 0 Å². The number of halogens is 3. The fourth-order valence-electron chi connectivity index (χ4n) is 9.74. The van der Waals surface area contributed by atoms with E-state index < -0.39 is 0 Å². The van der Waals surface area contributed by atoms with Gasteiger partial charge in [-0.1, -0.05) is 85.7 Å². The van der Waals surface area contributed by atoms with Crippen molar-refractivity contribution in [3.05, 3.63) is 0 Å². The van der Waals surface area contributed by atoms with Crippen LogP contribution in [0.2, 0.25) is 0 Å². The molecule has 11 atom stereocenters. The second-order valence-corrected chi connectivity index (χ2v) is 17.5. The number of hydrogen-bond donors (Lipinski definition) is 0. The van der Waals surface area contributed by atoms with E-state index in [1.165, 1.54) is 51.4 Å². The lowest BCUT2D eigenvalue weighted by molar-refractivity contribution is -0.158. The molecule has 0 unspecified atom stereocenters. The van der Waals surface area contributed by atoms with Crippen LogP contribution < -0.4 is 0 Å². The summed E-state index contributed by atoms with van der Waals surface area (Å²) in [5.41, 5.74) is 0.744. The normalized spacial score (nSPS) is 45.9. The van der Waals surface area contributed by atoms with Crippen molar-refractivity contribution in [2.24, 2.45) is 46.3 Å². The molecule has 0 saturated heterocycles. The van der Waals surface area contributed by atoms with Crippen LogP contribution in [-0.4, -0.2) is 26.6 Å². The molecule has 0 heterocycles. The molecule has 4 saturated carbocycles. The number of fused-ring (bicyclic) bond motifs is 5. The number of esters is 1. The average Bonchev–Trinajstić information content (AvgIpc) is 3.12. The maximum Gasteiger partial charge on any atom is 0.307 e. The second-order valence-electron chi connectivity index (χ2n) is 14.2. The molecule has 4 aliphatic carbocycles. The topological polar surface area (TPSA) is 26.3 Å². The molecular formula is C31H51Br2ClO2. The Bertz CT molecular complexity index is 789. The van der Waals surface area contributed by atoms with Crippen molar-refractivity contribution in [1.29, 1.82) is 0 Å². The number of carbonyl (C=O) groups is 1.